The van der Waals surface area contributed by atoms with Gasteiger partial charge in [-0.1, -0.05) is 6.07 Å². The van der Waals surface area contributed by atoms with Gasteiger partial charge in [0.05, 0.1) is 5.69 Å². The van der Waals surface area contributed by atoms with Crippen LogP contribution in [0.2, 0.25) is 0 Å². The van der Waals surface area contributed by atoms with Crippen LogP contribution in [0.1, 0.15) is 17.7 Å². The number of nitrogens with one attached hydrogen (secondary N) is 1. The fraction of sp³-hybridized carbons (Fsp3) is 0.462. The first-order chi connectivity index (χ1) is 8.36. The highest BCUT2D eigenvalue weighted by Gasteiger charge is 2.16. The highest BCUT2D eigenvalue weighted by molar-refractivity contribution is 5.48. The Hall–Kier alpha value is -1.39. The van der Waals surface area contributed by atoms with Crippen LogP contribution in [0.3, 0.4) is 0 Å². The number of aromatic nitrogens is 2. The fourth-order valence-electron chi connectivity index (χ4n) is 2.56. The Morgan fingerprint density at radius 2 is 2.47 bits per heavy atom. The minimum Gasteiger partial charge on any atom is -0.326 e. The van der Waals surface area contributed by atoms with E-state index < -0.39 is 0 Å². The van der Waals surface area contributed by atoms with Gasteiger partial charge in [0.25, 0.3) is 0 Å². The van der Waals surface area contributed by atoms with E-state index in [0.717, 1.165) is 36.6 Å². The minimum absolute atomic E-state index is 0.547. The van der Waals surface area contributed by atoms with Gasteiger partial charge in [-0.15, -0.1) is 0 Å². The molecule has 0 aliphatic carbocycles. The Labute approximate surface area is 101 Å². The molecule has 0 saturated carbocycles. The van der Waals surface area contributed by atoms with Crippen molar-refractivity contribution in [1.82, 2.24) is 14.7 Å². The lowest BCUT2D eigenvalue weighted by molar-refractivity contribution is 0.573. The summed E-state index contributed by atoms with van der Waals surface area (Å²) in [5, 5.41) is 3.39. The summed E-state index contributed by atoms with van der Waals surface area (Å²) >= 11 is 0. The summed E-state index contributed by atoms with van der Waals surface area (Å²) < 4.78 is 2.08. The van der Waals surface area contributed by atoms with Crippen molar-refractivity contribution in [2.75, 3.05) is 13.1 Å². The number of pyridine rings is 1. The molecule has 3 N–H and O–H groups in total. The molecule has 2 aromatic heterocycles. The Morgan fingerprint density at radius 3 is 3.24 bits per heavy atom. The van der Waals surface area contributed by atoms with Crippen molar-refractivity contribution in [1.29, 1.82) is 0 Å². The minimum atomic E-state index is 0.547. The van der Waals surface area contributed by atoms with Crippen molar-refractivity contribution in [2.45, 2.75) is 19.4 Å². The van der Waals surface area contributed by atoms with Gasteiger partial charge in [0.15, 0.2) is 0 Å². The molecule has 1 unspecified atom stereocenters. The topological polar surface area (TPSA) is 55.4 Å². The first-order valence-electron chi connectivity index (χ1n) is 6.23. The van der Waals surface area contributed by atoms with Crippen molar-refractivity contribution in [3.05, 3.63) is 35.8 Å². The molecule has 90 valence electrons. The molecule has 2 aromatic rings. The number of fused-ring (bicyclic) bond motifs is 1. The standard InChI is InChI=1S/C13H18N4/c14-7-11-2-1-5-17-9-12(16-13(11)17)6-10-3-4-15-8-10/h1-2,5,9-10,15H,3-4,6-8,14H2. The maximum Gasteiger partial charge on any atom is 0.141 e. The maximum atomic E-state index is 5.73. The van der Waals surface area contributed by atoms with Gasteiger partial charge < -0.3 is 15.5 Å². The summed E-state index contributed by atoms with van der Waals surface area (Å²) in [5.41, 5.74) is 9.03. The average molecular weight is 230 g/mol. The molecule has 1 saturated heterocycles. The largest absolute Gasteiger partial charge is 0.326 e. The van der Waals surface area contributed by atoms with E-state index in [0.29, 0.717) is 6.54 Å². The van der Waals surface area contributed by atoms with Crippen molar-refractivity contribution in [2.24, 2.45) is 11.7 Å². The molecule has 3 heterocycles. The average Bonchev–Trinajstić information content (AvgIpc) is 2.97. The van der Waals surface area contributed by atoms with Crippen LogP contribution in [0, 0.1) is 5.92 Å². The lowest BCUT2D eigenvalue weighted by Gasteiger charge is -2.03. The monoisotopic (exact) mass is 230 g/mol. The number of hydrogen-bond donors (Lipinski definition) is 2. The molecule has 1 aliphatic heterocycles. The number of nitrogens with zero attached hydrogens (tertiary/aromatic N) is 2. The summed E-state index contributed by atoms with van der Waals surface area (Å²) in [6.45, 7) is 2.81. The van der Waals surface area contributed by atoms with Crippen LogP contribution in [0.25, 0.3) is 5.65 Å². The third kappa shape index (κ3) is 2.06. The molecule has 1 aliphatic rings. The van der Waals surface area contributed by atoms with Gasteiger partial charge >= 0.3 is 0 Å². The number of nitrogens with two attached hydrogens (primary N) is 1. The van der Waals surface area contributed by atoms with E-state index in [9.17, 15) is 0 Å². The fourth-order valence-corrected chi connectivity index (χ4v) is 2.56. The van der Waals surface area contributed by atoms with Crippen LogP contribution in [0.4, 0.5) is 0 Å². The van der Waals surface area contributed by atoms with Crippen molar-refractivity contribution in [3.8, 4) is 0 Å². The predicted octanol–water partition coefficient (Wildman–Crippen LogP) is 0.945. The van der Waals surface area contributed by atoms with Gasteiger partial charge in [0, 0.05) is 24.5 Å². The molecule has 0 bridgehead atoms. The quantitative estimate of drug-likeness (QED) is 0.825. The Balaban J connectivity index is 1.90. The highest BCUT2D eigenvalue weighted by Crippen LogP contribution is 2.17. The third-order valence-corrected chi connectivity index (χ3v) is 3.49. The van der Waals surface area contributed by atoms with E-state index in [4.69, 9.17) is 10.7 Å². The summed E-state index contributed by atoms with van der Waals surface area (Å²) in [5.74, 6) is 0.737. The molecule has 4 nitrogen and oxygen atoms in total. The second kappa shape index (κ2) is 4.47. The Morgan fingerprint density at radius 1 is 1.53 bits per heavy atom. The van der Waals surface area contributed by atoms with Crippen LogP contribution in [0.5, 0.6) is 0 Å². The van der Waals surface area contributed by atoms with Gasteiger partial charge in [-0.25, -0.2) is 4.98 Å². The normalized spacial score (nSPS) is 20.2. The van der Waals surface area contributed by atoms with Crippen LogP contribution in [-0.4, -0.2) is 22.5 Å². The number of hydrogen-bond acceptors (Lipinski definition) is 3. The van der Waals surface area contributed by atoms with Gasteiger partial charge in [-0.3, -0.25) is 0 Å². The molecule has 1 fully saturated rings. The molecule has 1 atom stereocenters. The van der Waals surface area contributed by atoms with Crippen LogP contribution in [-0.2, 0) is 13.0 Å². The zero-order valence-electron chi connectivity index (χ0n) is 9.89. The van der Waals surface area contributed by atoms with Crippen LogP contribution in [0.15, 0.2) is 24.5 Å². The van der Waals surface area contributed by atoms with E-state index >= 15 is 0 Å². The summed E-state index contributed by atoms with van der Waals surface area (Å²) in [6, 6.07) is 4.07. The molecular formula is C13H18N4. The highest BCUT2D eigenvalue weighted by atomic mass is 15.0. The van der Waals surface area contributed by atoms with E-state index in [2.05, 4.69) is 15.9 Å². The van der Waals surface area contributed by atoms with Gasteiger partial charge in [0.2, 0.25) is 0 Å². The Bertz CT molecular complexity index is 511. The molecular weight excluding hydrogens is 212 g/mol. The molecule has 0 aromatic carbocycles. The lowest BCUT2D eigenvalue weighted by atomic mass is 10.0. The van der Waals surface area contributed by atoms with Gasteiger partial charge in [-0.2, -0.15) is 0 Å². The van der Waals surface area contributed by atoms with E-state index in [-0.39, 0.29) is 0 Å². The van der Waals surface area contributed by atoms with Gasteiger partial charge in [0.1, 0.15) is 5.65 Å². The third-order valence-electron chi connectivity index (χ3n) is 3.49. The number of rotatable bonds is 3. The zero-order chi connectivity index (χ0) is 11.7. The summed E-state index contributed by atoms with van der Waals surface area (Å²) in [6.07, 6.45) is 6.50. The second-order valence-corrected chi connectivity index (χ2v) is 4.76. The first-order valence-corrected chi connectivity index (χ1v) is 6.23. The molecule has 3 rings (SSSR count). The van der Waals surface area contributed by atoms with Crippen molar-refractivity contribution in [3.63, 3.8) is 0 Å². The van der Waals surface area contributed by atoms with Crippen LogP contribution >= 0.6 is 0 Å². The van der Waals surface area contributed by atoms with E-state index in [1.54, 1.807) is 0 Å². The second-order valence-electron chi connectivity index (χ2n) is 4.76. The molecule has 17 heavy (non-hydrogen) atoms. The smallest absolute Gasteiger partial charge is 0.141 e. The van der Waals surface area contributed by atoms with Crippen molar-refractivity contribution >= 4 is 5.65 Å². The van der Waals surface area contributed by atoms with Crippen molar-refractivity contribution < 1.29 is 0 Å². The summed E-state index contributed by atoms with van der Waals surface area (Å²) in [4.78, 5) is 4.70. The predicted molar refractivity (Wildman–Crippen MR) is 67.8 cm³/mol. The molecule has 0 spiro atoms. The Kier molecular flexibility index (Phi) is 2.82. The molecule has 0 amide bonds. The maximum absolute atomic E-state index is 5.73. The lowest BCUT2D eigenvalue weighted by Crippen LogP contribution is -2.10. The van der Waals surface area contributed by atoms with E-state index in [1.165, 1.54) is 12.1 Å². The number of imidazole rings is 1. The van der Waals surface area contributed by atoms with Gasteiger partial charge in [-0.05, 0) is 37.9 Å². The molecule has 0 radical (unpaired) electrons. The summed E-state index contributed by atoms with van der Waals surface area (Å²) in [7, 11) is 0. The van der Waals surface area contributed by atoms with Crippen LogP contribution < -0.4 is 11.1 Å². The zero-order valence-corrected chi connectivity index (χ0v) is 9.89. The SMILES string of the molecule is NCc1cccn2cc(CC3CCNC3)nc12. The first kappa shape index (κ1) is 10.7. The van der Waals surface area contributed by atoms with E-state index in [1.807, 2.05) is 18.3 Å². The molecule has 4 heteroatoms.